The normalized spacial score (nSPS) is 21.2. The summed E-state index contributed by atoms with van der Waals surface area (Å²) in [5.41, 5.74) is 0. The quantitative estimate of drug-likeness (QED) is 0.643. The van der Waals surface area contributed by atoms with Gasteiger partial charge in [0.05, 0.1) is 12.3 Å². The Morgan fingerprint density at radius 2 is 2.11 bits per heavy atom. The SMILES string of the molecule is CC(C)NC1CCCN(CCCNS(C)(=O)=O)C1=O. The molecule has 2 N–H and O–H groups in total. The Bertz CT molecular complexity index is 395. The van der Waals surface area contributed by atoms with E-state index in [1.807, 2.05) is 18.7 Å². The van der Waals surface area contributed by atoms with Gasteiger partial charge in [0.1, 0.15) is 0 Å². The van der Waals surface area contributed by atoms with E-state index in [2.05, 4.69) is 10.0 Å². The number of hydrogen-bond donors (Lipinski definition) is 2. The number of carbonyl (C=O) groups excluding carboxylic acids is 1. The molecule has 7 heteroatoms. The first kappa shape index (κ1) is 16.4. The van der Waals surface area contributed by atoms with Gasteiger partial charge in [0, 0.05) is 25.7 Å². The average molecular weight is 291 g/mol. The highest BCUT2D eigenvalue weighted by Crippen LogP contribution is 2.12. The van der Waals surface area contributed by atoms with Crippen molar-refractivity contribution in [3.63, 3.8) is 0 Å². The molecule has 1 amide bonds. The van der Waals surface area contributed by atoms with Crippen molar-refractivity contribution in [2.45, 2.75) is 45.2 Å². The first-order valence-electron chi connectivity index (χ1n) is 6.79. The Balaban J connectivity index is 2.35. The summed E-state index contributed by atoms with van der Waals surface area (Å²) >= 11 is 0. The maximum absolute atomic E-state index is 12.2. The molecule has 19 heavy (non-hydrogen) atoms. The van der Waals surface area contributed by atoms with Crippen LogP contribution in [0.3, 0.4) is 0 Å². The van der Waals surface area contributed by atoms with Crippen LogP contribution in [-0.2, 0) is 14.8 Å². The minimum absolute atomic E-state index is 0.0865. The van der Waals surface area contributed by atoms with Crippen LogP contribution in [0.2, 0.25) is 0 Å². The zero-order valence-corrected chi connectivity index (χ0v) is 12.8. The molecule has 6 nitrogen and oxygen atoms in total. The van der Waals surface area contributed by atoms with E-state index in [9.17, 15) is 13.2 Å². The van der Waals surface area contributed by atoms with Gasteiger partial charge in [-0.05, 0) is 19.3 Å². The van der Waals surface area contributed by atoms with Gasteiger partial charge in [-0.3, -0.25) is 4.79 Å². The van der Waals surface area contributed by atoms with E-state index in [4.69, 9.17) is 0 Å². The van der Waals surface area contributed by atoms with Gasteiger partial charge in [0.15, 0.2) is 0 Å². The Morgan fingerprint density at radius 3 is 2.68 bits per heavy atom. The largest absolute Gasteiger partial charge is 0.341 e. The van der Waals surface area contributed by atoms with Crippen molar-refractivity contribution in [1.29, 1.82) is 0 Å². The average Bonchev–Trinajstić information content (AvgIpc) is 2.27. The molecule has 0 aromatic rings. The maximum Gasteiger partial charge on any atom is 0.239 e. The summed E-state index contributed by atoms with van der Waals surface area (Å²) in [5, 5.41) is 3.27. The Hall–Kier alpha value is -0.660. The van der Waals surface area contributed by atoms with Gasteiger partial charge < -0.3 is 10.2 Å². The predicted octanol–water partition coefficient (Wildman–Crippen LogP) is -0.0853. The van der Waals surface area contributed by atoms with Crippen LogP contribution in [0.4, 0.5) is 0 Å². The number of nitrogens with zero attached hydrogens (tertiary/aromatic N) is 1. The second kappa shape index (κ2) is 7.21. The summed E-state index contributed by atoms with van der Waals surface area (Å²) in [6, 6.07) is 0.206. The molecule has 1 atom stereocenters. The summed E-state index contributed by atoms with van der Waals surface area (Å²) in [6.45, 7) is 5.82. The fourth-order valence-corrected chi connectivity index (χ4v) is 2.76. The number of rotatable bonds is 7. The molecule has 1 aliphatic heterocycles. The molecule has 1 aliphatic rings. The lowest BCUT2D eigenvalue weighted by atomic mass is 10.0. The third-order valence-electron chi connectivity index (χ3n) is 3.03. The first-order chi connectivity index (χ1) is 8.79. The highest BCUT2D eigenvalue weighted by molar-refractivity contribution is 7.88. The van der Waals surface area contributed by atoms with Crippen LogP contribution in [-0.4, -0.2) is 57.2 Å². The predicted molar refractivity (Wildman–Crippen MR) is 75.3 cm³/mol. The van der Waals surface area contributed by atoms with Crippen LogP contribution < -0.4 is 10.0 Å². The van der Waals surface area contributed by atoms with E-state index in [1.165, 1.54) is 0 Å². The van der Waals surface area contributed by atoms with Crippen molar-refractivity contribution in [3.05, 3.63) is 0 Å². The van der Waals surface area contributed by atoms with E-state index in [-0.39, 0.29) is 11.9 Å². The van der Waals surface area contributed by atoms with Crippen molar-refractivity contribution >= 4 is 15.9 Å². The molecule has 0 aromatic heterocycles. The van der Waals surface area contributed by atoms with Crippen molar-refractivity contribution in [2.75, 3.05) is 25.9 Å². The topological polar surface area (TPSA) is 78.5 Å². The molecule has 1 fully saturated rings. The van der Waals surface area contributed by atoms with Gasteiger partial charge in [-0.2, -0.15) is 0 Å². The van der Waals surface area contributed by atoms with Crippen LogP contribution in [0.5, 0.6) is 0 Å². The van der Waals surface area contributed by atoms with Crippen molar-refractivity contribution in [2.24, 2.45) is 0 Å². The van der Waals surface area contributed by atoms with Gasteiger partial charge in [0.2, 0.25) is 15.9 Å². The first-order valence-corrected chi connectivity index (χ1v) is 8.68. The third-order valence-corrected chi connectivity index (χ3v) is 3.76. The molecule has 1 saturated heterocycles. The molecule has 0 saturated carbocycles. The van der Waals surface area contributed by atoms with E-state index in [1.54, 1.807) is 0 Å². The summed E-state index contributed by atoms with van der Waals surface area (Å²) in [7, 11) is -3.13. The van der Waals surface area contributed by atoms with Gasteiger partial charge in [0.25, 0.3) is 0 Å². The molecule has 1 rings (SSSR count). The molecule has 1 unspecified atom stereocenters. The molecule has 0 spiro atoms. The Labute approximate surface area is 116 Å². The molecule has 0 radical (unpaired) electrons. The second-order valence-electron chi connectivity index (χ2n) is 5.36. The van der Waals surface area contributed by atoms with E-state index in [0.717, 1.165) is 25.6 Å². The molecule has 0 aromatic carbocycles. The van der Waals surface area contributed by atoms with Gasteiger partial charge in [-0.1, -0.05) is 13.8 Å². The highest BCUT2D eigenvalue weighted by Gasteiger charge is 2.28. The smallest absolute Gasteiger partial charge is 0.239 e. The highest BCUT2D eigenvalue weighted by atomic mass is 32.2. The van der Waals surface area contributed by atoms with Crippen LogP contribution in [0.25, 0.3) is 0 Å². The summed E-state index contributed by atoms with van der Waals surface area (Å²) in [4.78, 5) is 14.0. The number of carbonyl (C=O) groups is 1. The van der Waals surface area contributed by atoms with E-state index in [0.29, 0.717) is 25.6 Å². The Kier molecular flexibility index (Phi) is 6.22. The monoisotopic (exact) mass is 291 g/mol. The van der Waals surface area contributed by atoms with Crippen LogP contribution in [0.15, 0.2) is 0 Å². The van der Waals surface area contributed by atoms with E-state index < -0.39 is 10.0 Å². The molecule has 112 valence electrons. The minimum atomic E-state index is -3.13. The van der Waals surface area contributed by atoms with Crippen molar-refractivity contribution in [1.82, 2.24) is 14.9 Å². The number of sulfonamides is 1. The Morgan fingerprint density at radius 1 is 1.42 bits per heavy atom. The number of amides is 1. The zero-order chi connectivity index (χ0) is 14.5. The van der Waals surface area contributed by atoms with Crippen LogP contribution in [0.1, 0.15) is 33.1 Å². The lowest BCUT2D eigenvalue weighted by Gasteiger charge is -2.33. The van der Waals surface area contributed by atoms with Gasteiger partial charge in [-0.25, -0.2) is 13.1 Å². The van der Waals surface area contributed by atoms with Crippen LogP contribution >= 0.6 is 0 Å². The third kappa shape index (κ3) is 6.35. The number of piperidine rings is 1. The van der Waals surface area contributed by atoms with Gasteiger partial charge >= 0.3 is 0 Å². The minimum Gasteiger partial charge on any atom is -0.341 e. The van der Waals surface area contributed by atoms with Crippen molar-refractivity contribution < 1.29 is 13.2 Å². The fourth-order valence-electron chi connectivity index (χ4n) is 2.25. The summed E-state index contributed by atoms with van der Waals surface area (Å²) in [5.74, 6) is 0.138. The lowest BCUT2D eigenvalue weighted by molar-refractivity contribution is -0.136. The summed E-state index contributed by atoms with van der Waals surface area (Å²) in [6.07, 6.45) is 3.67. The standard InChI is InChI=1S/C12H25N3O3S/c1-10(2)14-11-6-4-8-15(12(11)16)9-5-7-13-19(3,17)18/h10-11,13-14H,4-9H2,1-3H3. The lowest BCUT2D eigenvalue weighted by Crippen LogP contribution is -2.52. The van der Waals surface area contributed by atoms with Gasteiger partial charge in [-0.15, -0.1) is 0 Å². The number of nitrogens with one attached hydrogen (secondary N) is 2. The number of hydrogen-bond acceptors (Lipinski definition) is 4. The fraction of sp³-hybridized carbons (Fsp3) is 0.917. The second-order valence-corrected chi connectivity index (χ2v) is 7.19. The summed E-state index contributed by atoms with van der Waals surface area (Å²) < 4.78 is 24.3. The maximum atomic E-state index is 12.2. The molecule has 0 bridgehead atoms. The zero-order valence-electron chi connectivity index (χ0n) is 12.0. The van der Waals surface area contributed by atoms with Crippen molar-refractivity contribution in [3.8, 4) is 0 Å². The van der Waals surface area contributed by atoms with Crippen LogP contribution in [0, 0.1) is 0 Å². The molecular formula is C12H25N3O3S. The number of likely N-dealkylation sites (tertiary alicyclic amines) is 1. The molecule has 1 heterocycles. The molecule has 0 aliphatic carbocycles. The molecular weight excluding hydrogens is 266 g/mol. The van der Waals surface area contributed by atoms with E-state index >= 15 is 0 Å².